The lowest BCUT2D eigenvalue weighted by molar-refractivity contribution is -0.546. The number of ether oxygens (including phenoxy) is 2. The molecule has 1 saturated carbocycles. The van der Waals surface area contributed by atoms with Crippen LogP contribution < -0.4 is 21.7 Å². The summed E-state index contributed by atoms with van der Waals surface area (Å²) < 4.78 is 10.9. The van der Waals surface area contributed by atoms with E-state index < -0.39 is 58.6 Å². The Bertz CT molecular complexity index is 1200. The summed E-state index contributed by atoms with van der Waals surface area (Å²) in [5, 5.41) is 78.0. The number of benzene rings is 1. The van der Waals surface area contributed by atoms with Gasteiger partial charge in [0.15, 0.2) is 18.3 Å². The second-order valence-corrected chi connectivity index (χ2v) is 9.31. The van der Waals surface area contributed by atoms with Gasteiger partial charge in [0, 0.05) is 36.3 Å². The third-order valence-electron chi connectivity index (χ3n) is 7.33. The van der Waals surface area contributed by atoms with Crippen molar-refractivity contribution in [1.82, 2.24) is 10.6 Å². The maximum atomic E-state index is 11.6. The minimum absolute atomic E-state index is 0.0792. The van der Waals surface area contributed by atoms with E-state index >= 15 is 0 Å². The van der Waals surface area contributed by atoms with Gasteiger partial charge in [-0.1, -0.05) is 11.2 Å². The molecule has 0 amide bonds. The molecule has 4 bridgehead atoms. The molecule has 10 N–H and O–H groups in total. The molecule has 4 fully saturated rings. The molecule has 1 spiro atoms. The van der Waals surface area contributed by atoms with Crippen LogP contribution in [0.2, 0.25) is 0 Å². The maximum Gasteiger partial charge on any atom is 0.311 e. The van der Waals surface area contributed by atoms with Crippen LogP contribution >= 0.6 is 0 Å². The Labute approximate surface area is 207 Å². The first-order valence-electron chi connectivity index (χ1n) is 11.2. The highest BCUT2D eigenvalue weighted by Crippen LogP contribution is 2.58. The van der Waals surface area contributed by atoms with E-state index in [-0.39, 0.29) is 42.7 Å². The van der Waals surface area contributed by atoms with Crippen molar-refractivity contribution in [3.8, 4) is 0 Å². The lowest BCUT2D eigenvalue weighted by atomic mass is 9.55. The average Bonchev–Trinajstić information content (AvgIpc) is 2.83. The summed E-state index contributed by atoms with van der Waals surface area (Å²) in [4.78, 5) is 17.1. The standard InChI is InChI=1S/C19H25N9O9/c20-16-24-14(30)10-12-17(32,13-11(29)18(10,25-16)15(31)19(33,36-12)37-13)6-22-3-4-23-8-2-1-7(26-27-21)5-9(8)28(34)35/h1-2,5,10-15,22-23,29-33H,3-4,6H2,(H3,20,24,25). The first-order chi connectivity index (χ1) is 17.5. The predicted octanol–water partition coefficient (Wildman–Crippen LogP) is -2.96. The Hall–Kier alpha value is -3.32. The highest BCUT2D eigenvalue weighted by Gasteiger charge is 2.82. The average molecular weight is 523 g/mol. The summed E-state index contributed by atoms with van der Waals surface area (Å²) in [7, 11) is 0. The number of rotatable bonds is 8. The van der Waals surface area contributed by atoms with Crippen LogP contribution in [0.15, 0.2) is 28.3 Å². The van der Waals surface area contributed by atoms with Crippen LogP contribution in [0, 0.1) is 16.0 Å². The fourth-order valence-electron chi connectivity index (χ4n) is 5.77. The molecule has 5 aliphatic rings. The Morgan fingerprint density at radius 1 is 1.27 bits per heavy atom. The monoisotopic (exact) mass is 523 g/mol. The minimum Gasteiger partial charge on any atom is -0.388 e. The van der Waals surface area contributed by atoms with E-state index in [0.717, 1.165) is 6.07 Å². The largest absolute Gasteiger partial charge is 0.388 e. The number of aliphatic imine (C=N–C) groups is 1. The molecular formula is C19H25N9O9. The number of aliphatic hydroxyl groups excluding tert-OH is 3. The fourth-order valence-corrected chi connectivity index (χ4v) is 5.77. The maximum absolute atomic E-state index is 11.6. The van der Waals surface area contributed by atoms with Crippen LogP contribution in [0.3, 0.4) is 0 Å². The molecule has 0 radical (unpaired) electrons. The van der Waals surface area contributed by atoms with Crippen molar-refractivity contribution in [3.63, 3.8) is 0 Å². The zero-order chi connectivity index (χ0) is 26.8. The van der Waals surface area contributed by atoms with E-state index in [1.54, 1.807) is 0 Å². The Kier molecular flexibility index (Phi) is 5.90. The fraction of sp³-hybridized carbons (Fsp3) is 0.632. The summed E-state index contributed by atoms with van der Waals surface area (Å²) in [6.07, 6.45) is -7.91. The van der Waals surface area contributed by atoms with Gasteiger partial charge < -0.3 is 56.7 Å². The molecule has 18 heteroatoms. The second-order valence-electron chi connectivity index (χ2n) is 9.31. The molecular weight excluding hydrogens is 498 g/mol. The Morgan fingerprint density at radius 2 is 2.00 bits per heavy atom. The summed E-state index contributed by atoms with van der Waals surface area (Å²) in [6, 6.07) is 3.92. The molecule has 6 rings (SSSR count). The van der Waals surface area contributed by atoms with Gasteiger partial charge in [-0.05, 0) is 11.6 Å². The minimum atomic E-state index is -2.58. The zero-order valence-corrected chi connectivity index (χ0v) is 19.0. The van der Waals surface area contributed by atoms with Crippen molar-refractivity contribution < 1.29 is 39.9 Å². The van der Waals surface area contributed by atoms with Gasteiger partial charge in [0.05, 0.1) is 10.8 Å². The van der Waals surface area contributed by atoms with Crippen molar-refractivity contribution in [1.29, 1.82) is 0 Å². The summed E-state index contributed by atoms with van der Waals surface area (Å²) >= 11 is 0. The highest BCUT2D eigenvalue weighted by molar-refractivity contribution is 5.80. The van der Waals surface area contributed by atoms with Crippen LogP contribution in [0.5, 0.6) is 0 Å². The van der Waals surface area contributed by atoms with Crippen molar-refractivity contribution in [2.75, 3.05) is 25.0 Å². The number of hydrogen-bond donors (Lipinski definition) is 9. The highest BCUT2D eigenvalue weighted by atomic mass is 16.9. The van der Waals surface area contributed by atoms with Crippen LogP contribution in [0.1, 0.15) is 0 Å². The number of nitrogens with zero attached hydrogens (tertiary/aromatic N) is 5. The summed E-state index contributed by atoms with van der Waals surface area (Å²) in [5.41, 5.74) is 10.4. The molecule has 3 saturated heterocycles. The second kappa shape index (κ2) is 8.62. The molecule has 18 nitrogen and oxygen atoms in total. The smallest absolute Gasteiger partial charge is 0.311 e. The predicted molar refractivity (Wildman–Crippen MR) is 122 cm³/mol. The van der Waals surface area contributed by atoms with Gasteiger partial charge in [0.1, 0.15) is 35.1 Å². The molecule has 9 atom stereocenters. The molecule has 0 aromatic heterocycles. The number of nitro groups is 1. The third kappa shape index (κ3) is 3.58. The summed E-state index contributed by atoms with van der Waals surface area (Å²) in [5.74, 6) is -4.07. The summed E-state index contributed by atoms with van der Waals surface area (Å²) in [6.45, 7) is 0.0454. The molecule has 4 heterocycles. The molecule has 9 unspecified atom stereocenters. The molecule has 200 valence electrons. The molecule has 37 heavy (non-hydrogen) atoms. The normalized spacial score (nSPS) is 41.3. The topological polar surface area (TPSA) is 286 Å². The van der Waals surface area contributed by atoms with E-state index in [1.165, 1.54) is 12.1 Å². The van der Waals surface area contributed by atoms with Crippen molar-refractivity contribution in [2.24, 2.45) is 21.8 Å². The first kappa shape index (κ1) is 25.3. The molecule has 1 aromatic rings. The SMILES string of the molecule is [N-]=[N+]=Nc1ccc(NCCNCC2(O)C3OC4(O)OC2C2C(O)N=C(N)NC2(C3O)C4O)c([N+](=O)[O-])c1. The number of anilines is 1. The van der Waals surface area contributed by atoms with Crippen molar-refractivity contribution >= 4 is 23.0 Å². The van der Waals surface area contributed by atoms with Gasteiger partial charge in [0.2, 0.25) is 0 Å². The molecule has 4 aliphatic heterocycles. The first-order valence-corrected chi connectivity index (χ1v) is 11.2. The van der Waals surface area contributed by atoms with Crippen LogP contribution in [-0.4, -0.2) is 104 Å². The lowest BCUT2D eigenvalue weighted by Gasteiger charge is -2.71. The van der Waals surface area contributed by atoms with E-state index in [4.69, 9.17) is 20.7 Å². The van der Waals surface area contributed by atoms with Gasteiger partial charge in [-0.3, -0.25) is 10.1 Å². The van der Waals surface area contributed by atoms with E-state index in [0.29, 0.717) is 0 Å². The van der Waals surface area contributed by atoms with Crippen molar-refractivity contribution in [2.45, 2.75) is 47.8 Å². The number of azide groups is 1. The number of nitro benzene ring substituents is 1. The van der Waals surface area contributed by atoms with Gasteiger partial charge in [0.25, 0.3) is 5.69 Å². The number of nitrogens with one attached hydrogen (secondary N) is 3. The van der Waals surface area contributed by atoms with Gasteiger partial charge in [-0.15, -0.1) is 0 Å². The van der Waals surface area contributed by atoms with Crippen LogP contribution in [-0.2, 0) is 9.47 Å². The van der Waals surface area contributed by atoms with Crippen molar-refractivity contribution in [3.05, 3.63) is 38.8 Å². The van der Waals surface area contributed by atoms with Gasteiger partial charge in [-0.2, -0.15) is 0 Å². The van der Waals surface area contributed by atoms with Crippen LogP contribution in [0.25, 0.3) is 10.4 Å². The van der Waals surface area contributed by atoms with E-state index in [9.17, 15) is 35.6 Å². The zero-order valence-electron chi connectivity index (χ0n) is 19.0. The molecule has 1 aliphatic carbocycles. The quantitative estimate of drug-likeness (QED) is 0.0411. The number of nitrogens with two attached hydrogens (primary N) is 1. The Morgan fingerprint density at radius 3 is 2.70 bits per heavy atom. The van der Waals surface area contributed by atoms with E-state index in [1.807, 2.05) is 0 Å². The lowest BCUT2D eigenvalue weighted by Crippen LogP contribution is -2.95. The number of hydrogen-bond acceptors (Lipinski definition) is 15. The number of aliphatic hydroxyl groups is 5. The Balaban J connectivity index is 1.29. The third-order valence-corrected chi connectivity index (χ3v) is 7.33. The van der Waals surface area contributed by atoms with E-state index in [2.05, 4.69) is 31.0 Å². The number of guanidine groups is 1. The molecule has 1 aromatic carbocycles. The van der Waals surface area contributed by atoms with Gasteiger partial charge in [-0.25, -0.2) is 4.99 Å². The van der Waals surface area contributed by atoms with Crippen LogP contribution in [0.4, 0.5) is 17.1 Å². The van der Waals surface area contributed by atoms with Gasteiger partial charge >= 0.3 is 5.97 Å².